The number of halogens is 1. The van der Waals surface area contributed by atoms with Crippen molar-refractivity contribution in [2.45, 2.75) is 39.3 Å². The largest absolute Gasteiger partial charge is 0.465 e. The molecule has 198 valence electrons. The summed E-state index contributed by atoms with van der Waals surface area (Å²) in [5.74, 6) is 0.171. The number of hydrogen-bond donors (Lipinski definition) is 2. The predicted molar refractivity (Wildman–Crippen MR) is 146 cm³/mol. The Morgan fingerprint density at radius 1 is 1.08 bits per heavy atom. The number of aromatic nitrogens is 3. The van der Waals surface area contributed by atoms with Crippen molar-refractivity contribution >= 4 is 29.1 Å². The molecule has 0 aliphatic carbocycles. The van der Waals surface area contributed by atoms with Gasteiger partial charge in [-0.3, -0.25) is 14.2 Å². The number of benzene rings is 2. The third-order valence-corrected chi connectivity index (χ3v) is 6.69. The normalized spacial score (nSPS) is 11.9. The highest BCUT2D eigenvalue weighted by molar-refractivity contribution is 6.29. The molecule has 0 spiro atoms. The molecule has 2 aromatic heterocycles. The first kappa shape index (κ1) is 26.9. The van der Waals surface area contributed by atoms with Crippen LogP contribution in [0.5, 0.6) is 0 Å². The van der Waals surface area contributed by atoms with E-state index in [0.717, 1.165) is 11.1 Å². The summed E-state index contributed by atoms with van der Waals surface area (Å²) in [5, 5.41) is 16.4. The lowest BCUT2D eigenvalue weighted by atomic mass is 10.1. The van der Waals surface area contributed by atoms with Gasteiger partial charge in [0.2, 0.25) is 0 Å². The first-order chi connectivity index (χ1) is 18.3. The fraction of sp³-hybridized carbons (Fsp3) is 0.286. The van der Waals surface area contributed by atoms with Gasteiger partial charge >= 0.3 is 6.09 Å². The standard InChI is InChI=1S/C28H30ClN5O4/c1-3-22(32(17-7-16-30-28(37)38)26(35)21-12-10-19(2)11-13-21)25-31-34-23(14-15-24(34)29)27(36)33(25)18-20-8-5-4-6-9-20/h4-6,8-15,22,30H,3,7,16-18H2,1-2H3,(H,37,38). The summed E-state index contributed by atoms with van der Waals surface area (Å²) in [7, 11) is 0. The van der Waals surface area contributed by atoms with E-state index < -0.39 is 12.1 Å². The highest BCUT2D eigenvalue weighted by atomic mass is 35.5. The average molecular weight is 536 g/mol. The Bertz CT molecular complexity index is 1480. The molecule has 2 N–H and O–H groups in total. The van der Waals surface area contributed by atoms with Crippen LogP contribution in [0.15, 0.2) is 71.5 Å². The molecule has 0 saturated heterocycles. The lowest BCUT2D eigenvalue weighted by Gasteiger charge is -2.32. The van der Waals surface area contributed by atoms with Crippen molar-refractivity contribution in [1.82, 2.24) is 24.4 Å². The van der Waals surface area contributed by atoms with Crippen LogP contribution in [0.1, 0.15) is 53.1 Å². The summed E-state index contributed by atoms with van der Waals surface area (Å²) >= 11 is 6.37. The number of hydrogen-bond acceptors (Lipinski definition) is 4. The van der Waals surface area contributed by atoms with Gasteiger partial charge in [0, 0.05) is 18.7 Å². The van der Waals surface area contributed by atoms with Crippen molar-refractivity contribution in [2.75, 3.05) is 13.1 Å². The SMILES string of the molecule is CCC(c1nn2c(Cl)ccc2c(=O)n1Cc1ccccc1)N(CCCNC(=O)O)C(=O)c1ccc(C)cc1. The van der Waals surface area contributed by atoms with Crippen LogP contribution < -0.4 is 10.9 Å². The summed E-state index contributed by atoms with van der Waals surface area (Å²) in [6, 6.07) is 19.5. The fourth-order valence-electron chi connectivity index (χ4n) is 4.48. The van der Waals surface area contributed by atoms with Crippen molar-refractivity contribution in [2.24, 2.45) is 0 Å². The Balaban J connectivity index is 1.82. The molecule has 10 heteroatoms. The third kappa shape index (κ3) is 5.89. The number of nitrogens with one attached hydrogen (secondary N) is 1. The van der Waals surface area contributed by atoms with E-state index in [9.17, 15) is 14.4 Å². The average Bonchev–Trinajstić information content (AvgIpc) is 3.28. The van der Waals surface area contributed by atoms with Crippen LogP contribution in [0.25, 0.3) is 5.52 Å². The number of carbonyl (C=O) groups is 2. The third-order valence-electron chi connectivity index (χ3n) is 6.41. The molecule has 2 heterocycles. The van der Waals surface area contributed by atoms with Gasteiger partial charge in [0.15, 0.2) is 5.82 Å². The maximum Gasteiger partial charge on any atom is 0.404 e. The van der Waals surface area contributed by atoms with Crippen LogP contribution in [0.4, 0.5) is 4.79 Å². The quantitative estimate of drug-likeness (QED) is 0.285. The van der Waals surface area contributed by atoms with Crippen molar-refractivity contribution in [3.05, 3.63) is 105 Å². The molecule has 1 atom stereocenters. The van der Waals surface area contributed by atoms with Gasteiger partial charge in [-0.2, -0.15) is 5.10 Å². The Labute approximate surface area is 225 Å². The molecule has 0 fully saturated rings. The van der Waals surface area contributed by atoms with Gasteiger partial charge in [-0.25, -0.2) is 9.31 Å². The minimum absolute atomic E-state index is 0.177. The first-order valence-electron chi connectivity index (χ1n) is 12.5. The van der Waals surface area contributed by atoms with Crippen molar-refractivity contribution in [3.63, 3.8) is 0 Å². The van der Waals surface area contributed by atoms with Crippen LogP contribution in [-0.4, -0.2) is 49.3 Å². The monoisotopic (exact) mass is 535 g/mol. The Hall–Kier alpha value is -4.11. The zero-order chi connectivity index (χ0) is 27.2. The number of fused-ring (bicyclic) bond motifs is 1. The second-order valence-electron chi connectivity index (χ2n) is 9.06. The van der Waals surface area contributed by atoms with Crippen molar-refractivity contribution < 1.29 is 14.7 Å². The van der Waals surface area contributed by atoms with Gasteiger partial charge in [-0.05, 0) is 49.6 Å². The second-order valence-corrected chi connectivity index (χ2v) is 9.45. The predicted octanol–water partition coefficient (Wildman–Crippen LogP) is 4.76. The zero-order valence-corrected chi connectivity index (χ0v) is 22.1. The number of rotatable bonds is 10. The number of amides is 2. The summed E-state index contributed by atoms with van der Waals surface area (Å²) in [5.41, 5.74) is 2.51. The van der Waals surface area contributed by atoms with E-state index >= 15 is 0 Å². The molecular weight excluding hydrogens is 506 g/mol. The molecule has 0 radical (unpaired) electrons. The molecule has 1 unspecified atom stereocenters. The van der Waals surface area contributed by atoms with E-state index in [0.29, 0.717) is 34.9 Å². The van der Waals surface area contributed by atoms with Crippen molar-refractivity contribution in [1.29, 1.82) is 0 Å². The van der Waals surface area contributed by atoms with E-state index in [2.05, 4.69) is 5.32 Å². The fourth-order valence-corrected chi connectivity index (χ4v) is 4.67. The van der Waals surface area contributed by atoms with Crippen LogP contribution >= 0.6 is 11.6 Å². The molecular formula is C28H30ClN5O4. The molecule has 0 bridgehead atoms. The summed E-state index contributed by atoms with van der Waals surface area (Å²) < 4.78 is 3.00. The number of aryl methyl sites for hydroxylation is 1. The molecule has 9 nitrogen and oxygen atoms in total. The first-order valence-corrected chi connectivity index (χ1v) is 12.8. The number of carboxylic acid groups (broad SMARTS) is 1. The van der Waals surface area contributed by atoms with Crippen molar-refractivity contribution in [3.8, 4) is 0 Å². The minimum Gasteiger partial charge on any atom is -0.465 e. The van der Waals surface area contributed by atoms with Crippen LogP contribution in [-0.2, 0) is 6.54 Å². The minimum atomic E-state index is -1.13. The summed E-state index contributed by atoms with van der Waals surface area (Å²) in [4.78, 5) is 40.2. The molecule has 0 aliphatic rings. The smallest absolute Gasteiger partial charge is 0.404 e. The molecule has 2 aromatic carbocycles. The molecule has 4 rings (SSSR count). The Kier molecular flexibility index (Phi) is 8.48. The summed E-state index contributed by atoms with van der Waals surface area (Å²) in [6.07, 6.45) is -0.273. The highest BCUT2D eigenvalue weighted by Crippen LogP contribution is 2.26. The van der Waals surface area contributed by atoms with Gasteiger partial charge in [0.05, 0.1) is 12.6 Å². The molecule has 0 aliphatic heterocycles. The topological polar surface area (TPSA) is 109 Å². The lowest BCUT2D eigenvalue weighted by molar-refractivity contribution is 0.0652. The molecule has 38 heavy (non-hydrogen) atoms. The molecule has 2 amide bonds. The lowest BCUT2D eigenvalue weighted by Crippen LogP contribution is -2.41. The molecule has 0 saturated carbocycles. The maximum absolute atomic E-state index is 13.8. The Morgan fingerprint density at radius 3 is 2.45 bits per heavy atom. The van der Waals surface area contributed by atoms with Crippen LogP contribution in [0, 0.1) is 6.92 Å². The van der Waals surface area contributed by atoms with Gasteiger partial charge in [0.25, 0.3) is 11.5 Å². The number of carbonyl (C=O) groups excluding carboxylic acids is 1. The zero-order valence-electron chi connectivity index (χ0n) is 21.3. The van der Waals surface area contributed by atoms with E-state index in [1.54, 1.807) is 33.7 Å². The number of nitrogens with zero attached hydrogens (tertiary/aromatic N) is 4. The van der Waals surface area contributed by atoms with E-state index in [1.165, 1.54) is 4.52 Å². The Morgan fingerprint density at radius 2 is 1.79 bits per heavy atom. The maximum atomic E-state index is 13.8. The van der Waals surface area contributed by atoms with E-state index in [1.807, 2.05) is 56.3 Å². The van der Waals surface area contributed by atoms with Crippen LogP contribution in [0.2, 0.25) is 5.15 Å². The van der Waals surface area contributed by atoms with Gasteiger partial charge in [0.1, 0.15) is 10.7 Å². The highest BCUT2D eigenvalue weighted by Gasteiger charge is 2.30. The van der Waals surface area contributed by atoms with Gasteiger partial charge in [-0.1, -0.05) is 66.6 Å². The van der Waals surface area contributed by atoms with E-state index in [4.69, 9.17) is 21.8 Å². The second kappa shape index (κ2) is 12.0. The van der Waals surface area contributed by atoms with Gasteiger partial charge in [-0.15, -0.1) is 0 Å². The molecule has 4 aromatic rings. The van der Waals surface area contributed by atoms with Crippen LogP contribution in [0.3, 0.4) is 0 Å². The van der Waals surface area contributed by atoms with E-state index in [-0.39, 0.29) is 31.1 Å². The summed E-state index contributed by atoms with van der Waals surface area (Å²) in [6.45, 7) is 4.57. The van der Waals surface area contributed by atoms with Gasteiger partial charge < -0.3 is 15.3 Å².